The highest BCUT2D eigenvalue weighted by molar-refractivity contribution is 7.16. The lowest BCUT2D eigenvalue weighted by Crippen LogP contribution is -2.17. The minimum absolute atomic E-state index is 0.0784. The van der Waals surface area contributed by atoms with Crippen LogP contribution in [0.25, 0.3) is 5.13 Å². The number of nitrogens with zero attached hydrogens (tertiary/aromatic N) is 2. The summed E-state index contributed by atoms with van der Waals surface area (Å²) in [5.41, 5.74) is 5.03. The summed E-state index contributed by atoms with van der Waals surface area (Å²) in [7, 11) is 0. The molecule has 0 aliphatic rings. The first-order valence-electron chi connectivity index (χ1n) is 10.5. The third-order valence-corrected chi connectivity index (χ3v) is 6.55. The van der Waals surface area contributed by atoms with Gasteiger partial charge in [-0.3, -0.25) is 19.5 Å². The van der Waals surface area contributed by atoms with Crippen LogP contribution in [0.3, 0.4) is 0 Å². The average Bonchev–Trinajstić information content (AvgIpc) is 3.30. The summed E-state index contributed by atoms with van der Waals surface area (Å²) in [6, 6.07) is 14.8. The largest absolute Gasteiger partial charge is 0.321 e. The standard InChI is InChI=1S/C25H24N4O3S/c1-14-8-10-18(11-9-14)12-21-15(2)28-29(24(21)32)25-26-16(3)22(33-25)23(31)27-20-7-5-6-19(13-20)17(4)30/h5-11,13,28H,12H2,1-4H3,(H,27,31). The van der Waals surface area contributed by atoms with Crippen LogP contribution >= 0.6 is 11.3 Å². The number of hydrogen-bond acceptors (Lipinski definition) is 5. The Balaban J connectivity index is 1.60. The molecule has 7 nitrogen and oxygen atoms in total. The normalized spacial score (nSPS) is 10.9. The van der Waals surface area contributed by atoms with Crippen molar-refractivity contribution in [1.29, 1.82) is 0 Å². The molecule has 2 heterocycles. The average molecular weight is 461 g/mol. The highest BCUT2D eigenvalue weighted by atomic mass is 32.1. The van der Waals surface area contributed by atoms with E-state index in [9.17, 15) is 14.4 Å². The summed E-state index contributed by atoms with van der Waals surface area (Å²) in [6.45, 7) is 7.09. The Bertz CT molecular complexity index is 1410. The van der Waals surface area contributed by atoms with E-state index in [1.807, 2.05) is 38.1 Å². The van der Waals surface area contributed by atoms with Crippen molar-refractivity contribution in [3.05, 3.63) is 97.4 Å². The predicted octanol–water partition coefficient (Wildman–Crippen LogP) is 4.59. The molecule has 1 amide bonds. The molecule has 168 valence electrons. The number of hydrogen-bond donors (Lipinski definition) is 2. The Kier molecular flexibility index (Phi) is 6.11. The van der Waals surface area contributed by atoms with Crippen LogP contribution in [-0.2, 0) is 6.42 Å². The van der Waals surface area contributed by atoms with E-state index in [1.54, 1.807) is 31.2 Å². The zero-order valence-corrected chi connectivity index (χ0v) is 19.7. The monoisotopic (exact) mass is 460 g/mol. The molecule has 2 N–H and O–H groups in total. The Morgan fingerprint density at radius 1 is 1.09 bits per heavy atom. The third-order valence-electron chi connectivity index (χ3n) is 5.40. The molecule has 4 rings (SSSR count). The number of rotatable bonds is 6. The molecule has 8 heteroatoms. The number of H-pyrrole nitrogens is 1. The molecule has 0 aliphatic carbocycles. The van der Waals surface area contributed by atoms with Gasteiger partial charge in [0.2, 0.25) is 5.13 Å². The fraction of sp³-hybridized carbons (Fsp3) is 0.200. The van der Waals surface area contributed by atoms with E-state index in [2.05, 4.69) is 15.4 Å². The molecule has 0 unspecified atom stereocenters. The Hall–Kier alpha value is -3.78. The molecule has 0 saturated heterocycles. The summed E-state index contributed by atoms with van der Waals surface area (Å²) < 4.78 is 1.39. The van der Waals surface area contributed by atoms with Gasteiger partial charge in [0.15, 0.2) is 5.78 Å². The Morgan fingerprint density at radius 3 is 2.52 bits per heavy atom. The second kappa shape index (κ2) is 8.99. The molecule has 2 aromatic heterocycles. The van der Waals surface area contributed by atoms with E-state index in [4.69, 9.17) is 0 Å². The molecule has 0 bridgehead atoms. The Morgan fingerprint density at radius 2 is 1.82 bits per heavy atom. The third kappa shape index (κ3) is 4.70. The lowest BCUT2D eigenvalue weighted by molar-refractivity contribution is 0.101. The molecule has 0 fully saturated rings. The van der Waals surface area contributed by atoms with Gasteiger partial charge in [-0.25, -0.2) is 4.98 Å². The number of nitrogens with one attached hydrogen (secondary N) is 2. The van der Waals surface area contributed by atoms with Gasteiger partial charge >= 0.3 is 0 Å². The minimum Gasteiger partial charge on any atom is -0.321 e. The quantitative estimate of drug-likeness (QED) is 0.411. The van der Waals surface area contributed by atoms with Gasteiger partial charge in [-0.15, -0.1) is 0 Å². The zero-order chi connectivity index (χ0) is 23.7. The van der Waals surface area contributed by atoms with E-state index in [0.717, 1.165) is 22.6 Å². The van der Waals surface area contributed by atoms with Crippen LogP contribution in [0, 0.1) is 20.8 Å². The van der Waals surface area contributed by atoms with Gasteiger partial charge in [0, 0.05) is 28.9 Å². The first kappa shape index (κ1) is 22.4. The molecule has 0 radical (unpaired) electrons. The molecular formula is C25H24N4O3S. The summed E-state index contributed by atoms with van der Waals surface area (Å²) in [4.78, 5) is 42.4. The maximum Gasteiger partial charge on any atom is 0.277 e. The lowest BCUT2D eigenvalue weighted by Gasteiger charge is -2.05. The topological polar surface area (TPSA) is 96.9 Å². The van der Waals surface area contributed by atoms with Gasteiger partial charge < -0.3 is 5.32 Å². The van der Waals surface area contributed by atoms with Crippen LogP contribution in [0.2, 0.25) is 0 Å². The van der Waals surface area contributed by atoms with Crippen molar-refractivity contribution in [2.75, 3.05) is 5.32 Å². The zero-order valence-electron chi connectivity index (χ0n) is 18.9. The lowest BCUT2D eigenvalue weighted by atomic mass is 10.0. The second-order valence-corrected chi connectivity index (χ2v) is 9.00. The van der Waals surface area contributed by atoms with Crippen LogP contribution in [0.15, 0.2) is 53.3 Å². The molecule has 0 aliphatic heterocycles. The van der Waals surface area contributed by atoms with E-state index in [-0.39, 0.29) is 17.2 Å². The van der Waals surface area contributed by atoms with Gasteiger partial charge in [-0.1, -0.05) is 53.3 Å². The molecule has 4 aromatic rings. The van der Waals surface area contributed by atoms with Crippen molar-refractivity contribution in [3.63, 3.8) is 0 Å². The number of anilines is 1. The highest BCUT2D eigenvalue weighted by Gasteiger charge is 2.20. The van der Waals surface area contributed by atoms with Gasteiger partial charge in [-0.05, 0) is 45.4 Å². The fourth-order valence-electron chi connectivity index (χ4n) is 3.53. The van der Waals surface area contributed by atoms with Crippen molar-refractivity contribution >= 4 is 28.7 Å². The second-order valence-electron chi connectivity index (χ2n) is 8.02. The maximum absolute atomic E-state index is 13.1. The number of carbonyl (C=O) groups is 2. The predicted molar refractivity (Wildman–Crippen MR) is 130 cm³/mol. The van der Waals surface area contributed by atoms with Gasteiger partial charge in [0.1, 0.15) is 4.88 Å². The molecular weight excluding hydrogens is 436 g/mol. The number of benzene rings is 2. The van der Waals surface area contributed by atoms with Crippen LogP contribution in [0.5, 0.6) is 0 Å². The number of amides is 1. The Labute approximate surface area is 195 Å². The van der Waals surface area contributed by atoms with Crippen LogP contribution in [0.1, 0.15) is 55.0 Å². The number of carbonyl (C=O) groups excluding carboxylic acids is 2. The number of ketones is 1. The van der Waals surface area contributed by atoms with Crippen molar-refractivity contribution in [2.45, 2.75) is 34.1 Å². The SMILES string of the molecule is CC(=O)c1cccc(NC(=O)c2sc(-n3[nH]c(C)c(Cc4ccc(C)cc4)c3=O)nc2C)c1. The summed E-state index contributed by atoms with van der Waals surface area (Å²) in [5, 5.41) is 6.30. The van der Waals surface area contributed by atoms with E-state index < -0.39 is 0 Å². The molecule has 0 saturated carbocycles. The van der Waals surface area contributed by atoms with E-state index in [0.29, 0.717) is 38.9 Å². The number of aromatic amines is 1. The van der Waals surface area contributed by atoms with E-state index in [1.165, 1.54) is 17.2 Å². The molecule has 33 heavy (non-hydrogen) atoms. The van der Waals surface area contributed by atoms with Crippen LogP contribution in [0.4, 0.5) is 5.69 Å². The first-order valence-corrected chi connectivity index (χ1v) is 11.3. The smallest absolute Gasteiger partial charge is 0.277 e. The highest BCUT2D eigenvalue weighted by Crippen LogP contribution is 2.23. The fourth-order valence-corrected chi connectivity index (χ4v) is 4.45. The van der Waals surface area contributed by atoms with Gasteiger partial charge in [0.25, 0.3) is 11.5 Å². The summed E-state index contributed by atoms with van der Waals surface area (Å²) in [6.07, 6.45) is 0.513. The van der Waals surface area contributed by atoms with Gasteiger partial charge in [-0.2, -0.15) is 4.68 Å². The number of Topliss-reactive ketones (excluding diaryl/α,β-unsaturated/α-hetero) is 1. The van der Waals surface area contributed by atoms with Crippen molar-refractivity contribution < 1.29 is 9.59 Å². The van der Waals surface area contributed by atoms with Crippen LogP contribution in [-0.4, -0.2) is 26.5 Å². The molecule has 0 spiro atoms. The van der Waals surface area contributed by atoms with Crippen LogP contribution < -0.4 is 10.9 Å². The van der Waals surface area contributed by atoms with Crippen molar-refractivity contribution in [1.82, 2.24) is 14.8 Å². The van der Waals surface area contributed by atoms with Crippen molar-refractivity contribution in [3.8, 4) is 5.13 Å². The minimum atomic E-state index is -0.340. The molecule has 2 aromatic carbocycles. The first-order chi connectivity index (χ1) is 15.7. The summed E-state index contributed by atoms with van der Waals surface area (Å²) in [5.74, 6) is -0.418. The number of aryl methyl sites for hydroxylation is 3. The summed E-state index contributed by atoms with van der Waals surface area (Å²) >= 11 is 1.14. The van der Waals surface area contributed by atoms with Gasteiger partial charge in [0.05, 0.1) is 5.69 Å². The molecule has 0 atom stereocenters. The van der Waals surface area contributed by atoms with Crippen molar-refractivity contribution in [2.24, 2.45) is 0 Å². The maximum atomic E-state index is 13.1. The number of aromatic nitrogens is 3. The number of thiazole rings is 1. The van der Waals surface area contributed by atoms with E-state index >= 15 is 0 Å².